The summed E-state index contributed by atoms with van der Waals surface area (Å²) in [4.78, 5) is 31.7. The predicted octanol–water partition coefficient (Wildman–Crippen LogP) is 2.14. The molecule has 0 aliphatic heterocycles. The van der Waals surface area contributed by atoms with Gasteiger partial charge in [-0.1, -0.05) is 12.1 Å². The maximum atomic E-state index is 10.8. The van der Waals surface area contributed by atoms with Gasteiger partial charge in [0.2, 0.25) is 0 Å². The fourth-order valence-electron chi connectivity index (χ4n) is 2.07. The van der Waals surface area contributed by atoms with E-state index in [0.29, 0.717) is 11.5 Å². The first-order valence-electron chi connectivity index (χ1n) is 6.94. The molecule has 0 saturated heterocycles. The van der Waals surface area contributed by atoms with Crippen LogP contribution in [0.5, 0.6) is 5.75 Å². The highest BCUT2D eigenvalue weighted by Crippen LogP contribution is 2.27. The second-order valence-electron chi connectivity index (χ2n) is 4.85. The molecule has 1 N–H and O–H groups in total. The number of fused-ring (bicyclic) bond motifs is 1. The third kappa shape index (κ3) is 4.03. The van der Waals surface area contributed by atoms with Crippen molar-refractivity contribution >= 4 is 27.8 Å². The normalized spacial score (nSPS) is 9.85. The zero-order valence-corrected chi connectivity index (χ0v) is 12.9. The molecule has 11 heteroatoms. The first-order valence-corrected chi connectivity index (χ1v) is 6.94. The van der Waals surface area contributed by atoms with E-state index in [9.17, 15) is 35.4 Å². The number of hydrogen-bond donors (Lipinski definition) is 0. The van der Waals surface area contributed by atoms with Gasteiger partial charge in [-0.15, -0.1) is 0 Å². The summed E-state index contributed by atoms with van der Waals surface area (Å²) in [5.41, 5.74) is -1.10. The summed E-state index contributed by atoms with van der Waals surface area (Å²) in [6, 6.07) is 9.08. The predicted molar refractivity (Wildman–Crippen MR) is 86.4 cm³/mol. The number of nitro benzene ring substituents is 3. The molecule has 3 aromatic rings. The zero-order valence-electron chi connectivity index (χ0n) is 12.9. The minimum atomic E-state index is -0.949. The van der Waals surface area contributed by atoms with Gasteiger partial charge in [0.1, 0.15) is 0 Å². The third-order valence-corrected chi connectivity index (χ3v) is 3.25. The first kappa shape index (κ1) is 18.2. The fourth-order valence-corrected chi connectivity index (χ4v) is 2.07. The molecule has 0 amide bonds. The van der Waals surface area contributed by atoms with Crippen LogP contribution in [-0.2, 0) is 0 Å². The lowest BCUT2D eigenvalue weighted by Crippen LogP contribution is -1.98. The maximum absolute atomic E-state index is 10.8. The lowest BCUT2D eigenvalue weighted by atomic mass is 10.1. The monoisotopic (exact) mass is 358 g/mol. The van der Waals surface area contributed by atoms with Crippen LogP contribution < -0.4 is 10.1 Å². The van der Waals surface area contributed by atoms with E-state index < -0.39 is 27.0 Å². The molecule has 1 aromatic heterocycles. The van der Waals surface area contributed by atoms with Crippen molar-refractivity contribution in [1.29, 1.82) is 0 Å². The number of aromatic amines is 1. The highest BCUT2D eigenvalue weighted by molar-refractivity contribution is 5.89. The van der Waals surface area contributed by atoms with E-state index in [1.54, 1.807) is 24.5 Å². The Morgan fingerprint density at radius 2 is 1.50 bits per heavy atom. The van der Waals surface area contributed by atoms with Gasteiger partial charge >= 0.3 is 0 Å². The Balaban J connectivity index is 0.000000187. The van der Waals surface area contributed by atoms with Crippen molar-refractivity contribution in [3.8, 4) is 5.75 Å². The maximum Gasteiger partial charge on any atom is 0.277 e. The Labute approximate surface area is 144 Å². The molecule has 26 heavy (non-hydrogen) atoms. The van der Waals surface area contributed by atoms with Crippen molar-refractivity contribution in [2.75, 3.05) is 0 Å². The SMILES string of the molecule is O=[N+]([O-])c1ccc([O-])c([N+](=O)[O-])c1.O=[N+]([O-])c1cccc2c[nH+]ccc12. The van der Waals surface area contributed by atoms with E-state index >= 15 is 0 Å². The van der Waals surface area contributed by atoms with E-state index in [-0.39, 0.29) is 10.6 Å². The lowest BCUT2D eigenvalue weighted by molar-refractivity contribution is -0.403. The quantitative estimate of drug-likeness (QED) is 0.510. The molecular weight excluding hydrogens is 348 g/mol. The second-order valence-corrected chi connectivity index (χ2v) is 4.85. The largest absolute Gasteiger partial charge is 0.868 e. The molecule has 1 heterocycles. The summed E-state index contributed by atoms with van der Waals surface area (Å²) in [6.07, 6.45) is 3.41. The molecule has 11 nitrogen and oxygen atoms in total. The van der Waals surface area contributed by atoms with Crippen LogP contribution in [0.25, 0.3) is 10.8 Å². The number of aromatic nitrogens is 1. The highest BCUT2D eigenvalue weighted by atomic mass is 16.6. The summed E-state index contributed by atoms with van der Waals surface area (Å²) < 4.78 is 0. The van der Waals surface area contributed by atoms with Gasteiger partial charge in [0.05, 0.1) is 31.6 Å². The summed E-state index contributed by atoms with van der Waals surface area (Å²) in [6.45, 7) is 0. The smallest absolute Gasteiger partial charge is 0.277 e. The van der Waals surface area contributed by atoms with Crippen LogP contribution in [0.2, 0.25) is 0 Å². The summed E-state index contributed by atoms with van der Waals surface area (Å²) in [5, 5.41) is 43.2. The molecular formula is C15H10N4O7. The van der Waals surface area contributed by atoms with Crippen molar-refractivity contribution in [3.63, 3.8) is 0 Å². The van der Waals surface area contributed by atoms with Crippen LogP contribution in [0.3, 0.4) is 0 Å². The molecule has 0 aliphatic carbocycles. The molecule has 0 bridgehead atoms. The van der Waals surface area contributed by atoms with Gasteiger partial charge in [0.15, 0.2) is 12.4 Å². The van der Waals surface area contributed by atoms with Crippen molar-refractivity contribution in [2.24, 2.45) is 0 Å². The van der Waals surface area contributed by atoms with Crippen molar-refractivity contribution in [3.05, 3.63) is 85.2 Å². The number of non-ortho nitro benzene ring substituents is 2. The Kier molecular flexibility index (Phi) is 5.33. The number of nitro groups is 3. The Hall–Kier alpha value is -4.15. The van der Waals surface area contributed by atoms with Gasteiger partial charge in [0, 0.05) is 18.2 Å². The summed E-state index contributed by atoms with van der Waals surface area (Å²) >= 11 is 0. The lowest BCUT2D eigenvalue weighted by Gasteiger charge is -2.03. The molecule has 2 aromatic carbocycles. The van der Waals surface area contributed by atoms with Crippen LogP contribution in [-0.4, -0.2) is 14.8 Å². The molecule has 0 spiro atoms. The van der Waals surface area contributed by atoms with E-state index in [4.69, 9.17) is 0 Å². The van der Waals surface area contributed by atoms with Gasteiger partial charge in [-0.2, -0.15) is 0 Å². The molecule has 132 valence electrons. The number of rotatable bonds is 3. The van der Waals surface area contributed by atoms with Crippen LogP contribution in [0.1, 0.15) is 0 Å². The van der Waals surface area contributed by atoms with Gasteiger partial charge in [-0.05, 0) is 11.8 Å². The number of hydrogen-bond acceptors (Lipinski definition) is 7. The second kappa shape index (κ2) is 7.61. The van der Waals surface area contributed by atoms with Crippen LogP contribution >= 0.6 is 0 Å². The Morgan fingerprint density at radius 3 is 2.12 bits per heavy atom. The number of nitrogens with one attached hydrogen (secondary N) is 1. The summed E-state index contributed by atoms with van der Waals surface area (Å²) in [7, 11) is 0. The molecule has 0 radical (unpaired) electrons. The van der Waals surface area contributed by atoms with Gasteiger partial charge < -0.3 is 5.11 Å². The average molecular weight is 358 g/mol. The minimum absolute atomic E-state index is 0.145. The van der Waals surface area contributed by atoms with E-state index in [1.807, 2.05) is 6.07 Å². The van der Waals surface area contributed by atoms with Crippen molar-refractivity contribution in [2.45, 2.75) is 0 Å². The van der Waals surface area contributed by atoms with Crippen LogP contribution in [0.15, 0.2) is 54.9 Å². The fraction of sp³-hybridized carbons (Fsp3) is 0. The Morgan fingerprint density at radius 1 is 0.808 bits per heavy atom. The number of pyridine rings is 1. The van der Waals surface area contributed by atoms with Crippen molar-refractivity contribution < 1.29 is 24.9 Å². The van der Waals surface area contributed by atoms with Crippen molar-refractivity contribution in [1.82, 2.24) is 0 Å². The van der Waals surface area contributed by atoms with Gasteiger partial charge in [0.25, 0.3) is 17.1 Å². The average Bonchev–Trinajstić information content (AvgIpc) is 2.61. The molecule has 0 saturated carbocycles. The number of H-pyrrole nitrogens is 1. The third-order valence-electron chi connectivity index (χ3n) is 3.25. The molecule has 3 rings (SSSR count). The molecule has 0 fully saturated rings. The first-order chi connectivity index (χ1) is 12.3. The topological polar surface area (TPSA) is 167 Å². The number of benzene rings is 2. The van der Waals surface area contributed by atoms with Crippen LogP contribution in [0, 0.1) is 30.3 Å². The van der Waals surface area contributed by atoms with Crippen LogP contribution in [0.4, 0.5) is 17.1 Å². The molecule has 0 atom stereocenters. The zero-order chi connectivity index (χ0) is 19.3. The summed E-state index contributed by atoms with van der Waals surface area (Å²) in [5.74, 6) is -0.837. The highest BCUT2D eigenvalue weighted by Gasteiger charge is 2.14. The van der Waals surface area contributed by atoms with E-state index in [0.717, 1.165) is 17.5 Å². The molecule has 0 aliphatic rings. The number of nitrogens with zero attached hydrogens (tertiary/aromatic N) is 3. The molecule has 0 unspecified atom stereocenters. The van der Waals surface area contributed by atoms with E-state index in [1.165, 1.54) is 6.07 Å². The van der Waals surface area contributed by atoms with E-state index in [2.05, 4.69) is 4.98 Å². The Bertz CT molecular complexity index is 1000. The van der Waals surface area contributed by atoms with Gasteiger partial charge in [-0.3, -0.25) is 30.3 Å². The van der Waals surface area contributed by atoms with Gasteiger partial charge in [-0.25, -0.2) is 4.98 Å². The minimum Gasteiger partial charge on any atom is -0.868 e. The standard InChI is InChI=1S/C9H6N2O2.C6H4N2O5/c12-11(13)9-3-1-2-7-6-10-5-4-8(7)9;9-6-2-1-4(7(10)11)3-5(6)8(12)13/h1-6H;1-3,9H.